The molecule has 7 nitrogen and oxygen atoms in total. The average molecular weight is 396 g/mol. The standard InChI is InChI=1S/C17H21N3O4S2/c1-5-11-6-8-12(9-7-11)20(16(23)24-17(2,3)4)14-18-19-15(26-14)25-10-13(21)22/h6-9H,5,10H2,1-4H3,(H,21,22). The highest BCUT2D eigenvalue weighted by atomic mass is 32.2. The fourth-order valence-electron chi connectivity index (χ4n) is 1.96. The molecule has 1 heterocycles. The van der Waals surface area contributed by atoms with Gasteiger partial charge in [0.2, 0.25) is 5.13 Å². The topological polar surface area (TPSA) is 92.6 Å². The summed E-state index contributed by atoms with van der Waals surface area (Å²) in [5, 5.41) is 17.1. The summed E-state index contributed by atoms with van der Waals surface area (Å²) in [6.45, 7) is 7.42. The largest absolute Gasteiger partial charge is 0.481 e. The van der Waals surface area contributed by atoms with Crippen LogP contribution in [0.3, 0.4) is 0 Å². The first-order valence-electron chi connectivity index (χ1n) is 7.99. The molecule has 0 aliphatic carbocycles. The van der Waals surface area contributed by atoms with Crippen LogP contribution in [-0.2, 0) is 16.0 Å². The summed E-state index contributed by atoms with van der Waals surface area (Å²) in [4.78, 5) is 24.8. The van der Waals surface area contributed by atoms with Crippen molar-refractivity contribution in [3.8, 4) is 0 Å². The van der Waals surface area contributed by atoms with Crippen molar-refractivity contribution in [2.45, 2.75) is 44.1 Å². The second-order valence-corrected chi connectivity index (χ2v) is 8.55. The number of aromatic nitrogens is 2. The number of thioether (sulfide) groups is 1. The van der Waals surface area contributed by atoms with Crippen molar-refractivity contribution in [3.05, 3.63) is 29.8 Å². The van der Waals surface area contributed by atoms with E-state index < -0.39 is 17.7 Å². The number of rotatable bonds is 6. The Bertz CT molecular complexity index is 769. The molecular weight excluding hydrogens is 374 g/mol. The van der Waals surface area contributed by atoms with Crippen LogP contribution in [0.5, 0.6) is 0 Å². The molecular formula is C17H21N3O4S2. The predicted octanol–water partition coefficient (Wildman–Crippen LogP) is 4.35. The van der Waals surface area contributed by atoms with Crippen LogP contribution in [0.2, 0.25) is 0 Å². The Morgan fingerprint density at radius 3 is 2.42 bits per heavy atom. The molecule has 1 N–H and O–H groups in total. The zero-order valence-corrected chi connectivity index (χ0v) is 16.7. The Morgan fingerprint density at radius 1 is 1.23 bits per heavy atom. The van der Waals surface area contributed by atoms with Crippen LogP contribution in [0.4, 0.5) is 15.6 Å². The third kappa shape index (κ3) is 5.70. The third-order valence-corrected chi connectivity index (χ3v) is 5.11. The van der Waals surface area contributed by atoms with Gasteiger partial charge in [-0.1, -0.05) is 42.2 Å². The van der Waals surface area contributed by atoms with Gasteiger partial charge in [-0.15, -0.1) is 10.2 Å². The lowest BCUT2D eigenvalue weighted by molar-refractivity contribution is -0.133. The fraction of sp³-hybridized carbons (Fsp3) is 0.412. The second-order valence-electron chi connectivity index (χ2n) is 6.37. The number of hydrogen-bond acceptors (Lipinski definition) is 7. The Kier molecular flexibility index (Phi) is 6.60. The van der Waals surface area contributed by atoms with Gasteiger partial charge in [0.25, 0.3) is 0 Å². The number of ether oxygens (including phenoxy) is 1. The molecule has 2 rings (SSSR count). The van der Waals surface area contributed by atoms with Gasteiger partial charge in [-0.2, -0.15) is 0 Å². The molecule has 0 unspecified atom stereocenters. The minimum absolute atomic E-state index is 0.119. The average Bonchev–Trinajstić information content (AvgIpc) is 3.00. The maximum Gasteiger partial charge on any atom is 0.421 e. The van der Waals surface area contributed by atoms with E-state index in [9.17, 15) is 9.59 Å². The summed E-state index contributed by atoms with van der Waals surface area (Å²) < 4.78 is 5.97. The highest BCUT2D eigenvalue weighted by Gasteiger charge is 2.27. The van der Waals surface area contributed by atoms with Crippen molar-refractivity contribution in [1.82, 2.24) is 10.2 Å². The number of amides is 1. The van der Waals surface area contributed by atoms with Gasteiger partial charge in [0.1, 0.15) is 5.60 Å². The SMILES string of the molecule is CCc1ccc(N(C(=O)OC(C)(C)C)c2nnc(SCC(=O)O)s2)cc1. The fourth-order valence-corrected chi connectivity index (χ4v) is 3.53. The number of carbonyl (C=O) groups is 2. The molecule has 1 aromatic carbocycles. The van der Waals surface area contributed by atoms with E-state index in [1.807, 2.05) is 24.3 Å². The van der Waals surface area contributed by atoms with Gasteiger partial charge < -0.3 is 9.84 Å². The van der Waals surface area contributed by atoms with E-state index >= 15 is 0 Å². The van der Waals surface area contributed by atoms with E-state index in [4.69, 9.17) is 9.84 Å². The number of benzene rings is 1. The molecule has 0 atom stereocenters. The van der Waals surface area contributed by atoms with Gasteiger partial charge in [0.05, 0.1) is 11.4 Å². The number of anilines is 2. The van der Waals surface area contributed by atoms with Crippen LogP contribution in [0.25, 0.3) is 0 Å². The number of carboxylic acids is 1. The first kappa shape index (κ1) is 20.2. The first-order valence-corrected chi connectivity index (χ1v) is 9.80. The number of carbonyl (C=O) groups excluding carboxylic acids is 1. The molecule has 0 bridgehead atoms. The molecule has 1 aromatic heterocycles. The van der Waals surface area contributed by atoms with Gasteiger partial charge in [0.15, 0.2) is 4.34 Å². The van der Waals surface area contributed by atoms with Crippen LogP contribution in [-0.4, -0.2) is 38.7 Å². The van der Waals surface area contributed by atoms with Gasteiger partial charge in [-0.25, -0.2) is 9.69 Å². The quantitative estimate of drug-likeness (QED) is 0.574. The summed E-state index contributed by atoms with van der Waals surface area (Å²) in [6, 6.07) is 7.53. The molecule has 26 heavy (non-hydrogen) atoms. The summed E-state index contributed by atoms with van der Waals surface area (Å²) in [6.07, 6.45) is 0.328. The summed E-state index contributed by atoms with van der Waals surface area (Å²) >= 11 is 2.20. The van der Waals surface area contributed by atoms with E-state index in [0.717, 1.165) is 35.1 Å². The molecule has 0 spiro atoms. The maximum absolute atomic E-state index is 12.7. The second kappa shape index (κ2) is 8.50. The van der Waals surface area contributed by atoms with Crippen LogP contribution < -0.4 is 4.90 Å². The lowest BCUT2D eigenvalue weighted by Gasteiger charge is -2.25. The molecule has 0 aliphatic rings. The smallest absolute Gasteiger partial charge is 0.421 e. The third-order valence-electron chi connectivity index (χ3n) is 3.09. The lowest BCUT2D eigenvalue weighted by Crippen LogP contribution is -2.33. The van der Waals surface area contributed by atoms with E-state index in [2.05, 4.69) is 17.1 Å². The minimum Gasteiger partial charge on any atom is -0.481 e. The van der Waals surface area contributed by atoms with Crippen molar-refractivity contribution >= 4 is 46.0 Å². The number of carboxylic acid groups (broad SMARTS) is 1. The maximum atomic E-state index is 12.7. The number of nitrogens with zero attached hydrogens (tertiary/aromatic N) is 3. The molecule has 0 saturated heterocycles. The van der Waals surface area contributed by atoms with Crippen molar-refractivity contribution in [2.75, 3.05) is 10.7 Å². The van der Waals surface area contributed by atoms with Gasteiger partial charge in [-0.3, -0.25) is 4.79 Å². The summed E-state index contributed by atoms with van der Waals surface area (Å²) in [7, 11) is 0. The van der Waals surface area contributed by atoms with Crippen LogP contribution in [0.15, 0.2) is 28.6 Å². The highest BCUT2D eigenvalue weighted by molar-refractivity contribution is 8.01. The molecule has 0 fully saturated rings. The Labute approximate surface area is 160 Å². The highest BCUT2D eigenvalue weighted by Crippen LogP contribution is 2.33. The zero-order valence-electron chi connectivity index (χ0n) is 15.1. The van der Waals surface area contributed by atoms with Crippen molar-refractivity contribution in [2.24, 2.45) is 0 Å². The monoisotopic (exact) mass is 395 g/mol. The number of aryl methyl sites for hydroxylation is 1. The van der Waals surface area contributed by atoms with Crippen LogP contribution in [0, 0.1) is 0 Å². The molecule has 0 saturated carbocycles. The number of aliphatic carboxylic acids is 1. The number of hydrogen-bond donors (Lipinski definition) is 1. The van der Waals surface area contributed by atoms with E-state index in [1.54, 1.807) is 20.8 Å². The van der Waals surface area contributed by atoms with Crippen LogP contribution >= 0.6 is 23.1 Å². The first-order chi connectivity index (χ1) is 12.2. The molecule has 1 amide bonds. The van der Waals surface area contributed by atoms with E-state index in [0.29, 0.717) is 15.2 Å². The Morgan fingerprint density at radius 2 is 1.88 bits per heavy atom. The zero-order chi connectivity index (χ0) is 19.3. The van der Waals surface area contributed by atoms with E-state index in [1.165, 1.54) is 4.90 Å². The molecule has 140 valence electrons. The van der Waals surface area contributed by atoms with Crippen molar-refractivity contribution in [3.63, 3.8) is 0 Å². The van der Waals surface area contributed by atoms with Crippen molar-refractivity contribution in [1.29, 1.82) is 0 Å². The van der Waals surface area contributed by atoms with Gasteiger partial charge in [-0.05, 0) is 44.9 Å². The van der Waals surface area contributed by atoms with Crippen LogP contribution in [0.1, 0.15) is 33.3 Å². The normalized spacial score (nSPS) is 11.2. The molecule has 9 heteroatoms. The Hall–Kier alpha value is -2.13. The Balaban J connectivity index is 2.33. The summed E-state index contributed by atoms with van der Waals surface area (Å²) in [5.41, 5.74) is 1.10. The molecule has 2 aromatic rings. The van der Waals surface area contributed by atoms with Crippen molar-refractivity contribution < 1.29 is 19.4 Å². The summed E-state index contributed by atoms with van der Waals surface area (Å²) in [5.74, 6) is -1.06. The minimum atomic E-state index is -0.939. The predicted molar refractivity (Wildman–Crippen MR) is 102 cm³/mol. The van der Waals surface area contributed by atoms with Gasteiger partial charge in [0, 0.05) is 0 Å². The van der Waals surface area contributed by atoms with Gasteiger partial charge >= 0.3 is 12.1 Å². The lowest BCUT2D eigenvalue weighted by atomic mass is 10.1. The molecule has 0 aliphatic heterocycles. The van der Waals surface area contributed by atoms with E-state index in [-0.39, 0.29) is 5.75 Å². The molecule has 0 radical (unpaired) electrons.